The van der Waals surface area contributed by atoms with Crippen molar-refractivity contribution < 1.29 is 4.79 Å². The molecule has 1 atom stereocenters. The van der Waals surface area contributed by atoms with E-state index < -0.39 is 0 Å². The molecule has 0 aromatic heterocycles. The summed E-state index contributed by atoms with van der Waals surface area (Å²) in [7, 11) is 0. The number of piperidine rings is 1. The molecule has 0 bridgehead atoms. The van der Waals surface area contributed by atoms with Crippen molar-refractivity contribution in [2.45, 2.75) is 32.2 Å². The van der Waals surface area contributed by atoms with E-state index in [2.05, 4.69) is 0 Å². The van der Waals surface area contributed by atoms with Crippen LogP contribution in [0.2, 0.25) is 5.02 Å². The monoisotopic (exact) mass is 266 g/mol. The van der Waals surface area contributed by atoms with Crippen LogP contribution in [0.5, 0.6) is 0 Å². The summed E-state index contributed by atoms with van der Waals surface area (Å²) in [5, 5.41) is 0.695. The second kappa shape index (κ2) is 5.72. The number of hydrogen-bond donors (Lipinski definition) is 1. The van der Waals surface area contributed by atoms with Gasteiger partial charge in [-0.05, 0) is 49.9 Å². The molecule has 0 saturated carbocycles. The lowest BCUT2D eigenvalue weighted by molar-refractivity contribution is 0.0623. The molecule has 1 aromatic rings. The summed E-state index contributed by atoms with van der Waals surface area (Å²) in [4.78, 5) is 14.4. The predicted octanol–water partition coefficient (Wildman–Crippen LogP) is 2.60. The van der Waals surface area contributed by atoms with Crippen LogP contribution >= 0.6 is 11.6 Å². The van der Waals surface area contributed by atoms with Gasteiger partial charge in [-0.1, -0.05) is 11.6 Å². The summed E-state index contributed by atoms with van der Waals surface area (Å²) in [6, 6.07) is 5.61. The quantitative estimate of drug-likeness (QED) is 0.894. The van der Waals surface area contributed by atoms with Crippen LogP contribution in [-0.4, -0.2) is 29.9 Å². The number of likely N-dealkylation sites (tertiary alicyclic amines) is 1. The predicted molar refractivity (Wildman–Crippen MR) is 73.9 cm³/mol. The van der Waals surface area contributed by atoms with Gasteiger partial charge in [0.25, 0.3) is 5.91 Å². The van der Waals surface area contributed by atoms with E-state index in [0.29, 0.717) is 17.1 Å². The number of nitrogens with zero attached hydrogens (tertiary/aromatic N) is 1. The van der Waals surface area contributed by atoms with Crippen molar-refractivity contribution in [3.63, 3.8) is 0 Å². The first kappa shape index (κ1) is 13.4. The summed E-state index contributed by atoms with van der Waals surface area (Å²) < 4.78 is 0. The molecule has 1 saturated heterocycles. The topological polar surface area (TPSA) is 46.3 Å². The standard InChI is InChI=1S/C14H19ClN2O/c1-10-8-11(5-6-13(10)15)14(18)17-7-3-2-4-12(17)9-16/h5-6,8,12H,2-4,7,9,16H2,1H3. The van der Waals surface area contributed by atoms with Crippen LogP contribution in [0.1, 0.15) is 35.2 Å². The summed E-state index contributed by atoms with van der Waals surface area (Å²) in [6.07, 6.45) is 3.23. The van der Waals surface area contributed by atoms with E-state index in [0.717, 1.165) is 31.4 Å². The van der Waals surface area contributed by atoms with Crippen molar-refractivity contribution in [1.82, 2.24) is 4.90 Å². The second-order valence-electron chi connectivity index (χ2n) is 4.85. The minimum atomic E-state index is 0.0740. The van der Waals surface area contributed by atoms with Crippen molar-refractivity contribution in [1.29, 1.82) is 0 Å². The smallest absolute Gasteiger partial charge is 0.254 e. The van der Waals surface area contributed by atoms with Crippen LogP contribution in [0.25, 0.3) is 0 Å². The van der Waals surface area contributed by atoms with Gasteiger partial charge in [-0.2, -0.15) is 0 Å². The molecule has 1 amide bonds. The molecule has 98 valence electrons. The zero-order valence-electron chi connectivity index (χ0n) is 10.7. The third kappa shape index (κ3) is 2.68. The summed E-state index contributed by atoms with van der Waals surface area (Å²) in [6.45, 7) is 3.26. The molecule has 2 rings (SSSR count). The Morgan fingerprint density at radius 2 is 2.28 bits per heavy atom. The fourth-order valence-corrected chi connectivity index (χ4v) is 2.57. The Labute approximate surface area is 113 Å². The molecule has 1 fully saturated rings. The van der Waals surface area contributed by atoms with Gasteiger partial charge in [-0.15, -0.1) is 0 Å². The van der Waals surface area contributed by atoms with Gasteiger partial charge in [0.05, 0.1) is 0 Å². The van der Waals surface area contributed by atoms with Crippen molar-refractivity contribution in [2.75, 3.05) is 13.1 Å². The fraction of sp³-hybridized carbons (Fsp3) is 0.500. The maximum atomic E-state index is 12.5. The first-order valence-corrected chi connectivity index (χ1v) is 6.78. The van der Waals surface area contributed by atoms with Gasteiger partial charge in [0.2, 0.25) is 0 Å². The van der Waals surface area contributed by atoms with E-state index in [9.17, 15) is 4.79 Å². The van der Waals surface area contributed by atoms with E-state index >= 15 is 0 Å². The van der Waals surface area contributed by atoms with Gasteiger partial charge >= 0.3 is 0 Å². The van der Waals surface area contributed by atoms with E-state index in [1.54, 1.807) is 12.1 Å². The van der Waals surface area contributed by atoms with Gasteiger partial charge in [0.1, 0.15) is 0 Å². The highest BCUT2D eigenvalue weighted by Crippen LogP contribution is 2.21. The van der Waals surface area contributed by atoms with Crippen LogP contribution in [0, 0.1) is 6.92 Å². The number of hydrogen-bond acceptors (Lipinski definition) is 2. The molecule has 2 N–H and O–H groups in total. The lowest BCUT2D eigenvalue weighted by Crippen LogP contribution is -2.47. The van der Waals surface area contributed by atoms with Crippen LogP contribution in [0.3, 0.4) is 0 Å². The Morgan fingerprint density at radius 1 is 1.50 bits per heavy atom. The molecule has 18 heavy (non-hydrogen) atoms. The minimum absolute atomic E-state index is 0.0740. The Balaban J connectivity index is 2.21. The molecule has 1 aromatic carbocycles. The van der Waals surface area contributed by atoms with Gasteiger partial charge in [-0.25, -0.2) is 0 Å². The molecule has 0 aliphatic carbocycles. The van der Waals surface area contributed by atoms with Crippen molar-refractivity contribution in [3.05, 3.63) is 34.3 Å². The average Bonchev–Trinajstić information content (AvgIpc) is 2.41. The minimum Gasteiger partial charge on any atom is -0.334 e. The maximum Gasteiger partial charge on any atom is 0.254 e. The van der Waals surface area contributed by atoms with E-state index in [4.69, 9.17) is 17.3 Å². The lowest BCUT2D eigenvalue weighted by atomic mass is 10.0. The van der Waals surface area contributed by atoms with Gasteiger partial charge in [-0.3, -0.25) is 4.79 Å². The van der Waals surface area contributed by atoms with Gasteiger partial charge in [0.15, 0.2) is 0 Å². The summed E-state index contributed by atoms with van der Waals surface area (Å²) >= 11 is 5.98. The molecular formula is C14H19ClN2O. The van der Waals surface area contributed by atoms with Crippen molar-refractivity contribution in [2.24, 2.45) is 5.73 Å². The highest BCUT2D eigenvalue weighted by atomic mass is 35.5. The molecular weight excluding hydrogens is 248 g/mol. The molecule has 3 nitrogen and oxygen atoms in total. The van der Waals surface area contributed by atoms with Gasteiger partial charge in [0, 0.05) is 29.7 Å². The van der Waals surface area contributed by atoms with Gasteiger partial charge < -0.3 is 10.6 Å². The number of halogens is 1. The second-order valence-corrected chi connectivity index (χ2v) is 5.26. The number of benzene rings is 1. The van der Waals surface area contributed by atoms with E-state index in [1.807, 2.05) is 17.9 Å². The number of amides is 1. The van der Waals surface area contributed by atoms with E-state index in [1.165, 1.54) is 0 Å². The van der Waals surface area contributed by atoms with Crippen molar-refractivity contribution in [3.8, 4) is 0 Å². The molecule has 4 heteroatoms. The first-order valence-electron chi connectivity index (χ1n) is 6.40. The maximum absolute atomic E-state index is 12.5. The van der Waals surface area contributed by atoms with E-state index in [-0.39, 0.29) is 11.9 Å². The third-order valence-electron chi connectivity index (χ3n) is 3.56. The molecule has 0 spiro atoms. The van der Waals surface area contributed by atoms with Crippen LogP contribution in [0.15, 0.2) is 18.2 Å². The molecule has 0 radical (unpaired) electrons. The van der Waals surface area contributed by atoms with Crippen LogP contribution in [-0.2, 0) is 0 Å². The Hall–Kier alpha value is -1.06. The first-order chi connectivity index (χ1) is 8.63. The zero-order chi connectivity index (χ0) is 13.1. The summed E-state index contributed by atoms with van der Waals surface area (Å²) in [5.41, 5.74) is 7.39. The van der Waals surface area contributed by atoms with Crippen molar-refractivity contribution >= 4 is 17.5 Å². The summed E-state index contributed by atoms with van der Waals surface area (Å²) in [5.74, 6) is 0.0740. The Bertz CT molecular complexity index is 447. The number of aryl methyl sites for hydroxylation is 1. The molecule has 1 unspecified atom stereocenters. The fourth-order valence-electron chi connectivity index (χ4n) is 2.46. The Kier molecular flexibility index (Phi) is 4.25. The highest BCUT2D eigenvalue weighted by molar-refractivity contribution is 6.31. The Morgan fingerprint density at radius 3 is 2.94 bits per heavy atom. The number of carbonyl (C=O) groups is 1. The number of carbonyl (C=O) groups excluding carboxylic acids is 1. The molecule has 1 aliphatic rings. The highest BCUT2D eigenvalue weighted by Gasteiger charge is 2.26. The van der Waals surface area contributed by atoms with Crippen LogP contribution in [0.4, 0.5) is 0 Å². The largest absolute Gasteiger partial charge is 0.334 e. The van der Waals surface area contributed by atoms with Crippen LogP contribution < -0.4 is 5.73 Å². The molecule has 1 aliphatic heterocycles. The SMILES string of the molecule is Cc1cc(C(=O)N2CCCCC2CN)ccc1Cl. The number of nitrogens with two attached hydrogens (primary N) is 1. The zero-order valence-corrected chi connectivity index (χ0v) is 11.4. The number of rotatable bonds is 2. The lowest BCUT2D eigenvalue weighted by Gasteiger charge is -2.35. The third-order valence-corrected chi connectivity index (χ3v) is 3.99. The average molecular weight is 267 g/mol. The normalized spacial score (nSPS) is 19.9. The molecule has 1 heterocycles.